The van der Waals surface area contributed by atoms with E-state index >= 15 is 0 Å². The Kier molecular flexibility index (Phi) is 4.56. The summed E-state index contributed by atoms with van der Waals surface area (Å²) in [4.78, 5) is 16.7. The standard InChI is InChI=1S/C17H21N3O3S/c1-12-11-15(14-5-3-7-18-17(14)13(12)2)19-16(21)6-9-20-8-4-10-24(20,22)23/h3,5,7,11H,4,6,8-10H2,1-2H3,(H,19,21). The van der Waals surface area contributed by atoms with Crippen LogP contribution in [0.2, 0.25) is 0 Å². The maximum Gasteiger partial charge on any atom is 0.225 e. The van der Waals surface area contributed by atoms with E-state index in [0.717, 1.165) is 27.7 Å². The monoisotopic (exact) mass is 347 g/mol. The van der Waals surface area contributed by atoms with Gasteiger partial charge in [-0.1, -0.05) is 0 Å². The molecular formula is C17H21N3O3S. The summed E-state index contributed by atoms with van der Waals surface area (Å²) >= 11 is 0. The SMILES string of the molecule is Cc1cc(NC(=O)CCN2CCCS2(=O)=O)c2cccnc2c1C. The number of fused-ring (bicyclic) bond motifs is 1. The lowest BCUT2D eigenvalue weighted by Crippen LogP contribution is -2.29. The number of benzene rings is 1. The minimum absolute atomic E-state index is 0.147. The molecule has 1 amide bonds. The van der Waals surface area contributed by atoms with Crippen molar-refractivity contribution in [2.24, 2.45) is 0 Å². The highest BCUT2D eigenvalue weighted by atomic mass is 32.2. The normalized spacial score (nSPS) is 17.2. The lowest BCUT2D eigenvalue weighted by molar-refractivity contribution is -0.116. The second-order valence-electron chi connectivity index (χ2n) is 6.13. The maximum absolute atomic E-state index is 12.3. The zero-order valence-corrected chi connectivity index (χ0v) is 14.7. The Bertz CT molecular complexity index is 893. The fourth-order valence-corrected chi connectivity index (χ4v) is 4.52. The number of carbonyl (C=O) groups is 1. The Labute approximate surface area is 141 Å². The number of anilines is 1. The molecule has 0 aliphatic carbocycles. The van der Waals surface area contributed by atoms with Crippen LogP contribution in [0.5, 0.6) is 0 Å². The van der Waals surface area contributed by atoms with Gasteiger partial charge in [-0.15, -0.1) is 0 Å². The van der Waals surface area contributed by atoms with Crippen LogP contribution in [0.4, 0.5) is 5.69 Å². The van der Waals surface area contributed by atoms with Crippen molar-refractivity contribution in [3.63, 3.8) is 0 Å². The van der Waals surface area contributed by atoms with Gasteiger partial charge < -0.3 is 5.32 Å². The van der Waals surface area contributed by atoms with Gasteiger partial charge in [0.2, 0.25) is 15.9 Å². The minimum Gasteiger partial charge on any atom is -0.325 e. The van der Waals surface area contributed by atoms with E-state index in [-0.39, 0.29) is 24.6 Å². The first-order valence-electron chi connectivity index (χ1n) is 8.01. The van der Waals surface area contributed by atoms with Crippen LogP contribution in [-0.2, 0) is 14.8 Å². The predicted molar refractivity (Wildman–Crippen MR) is 94.4 cm³/mol. The molecule has 1 N–H and O–H groups in total. The molecule has 0 saturated carbocycles. The molecule has 1 aromatic carbocycles. The van der Waals surface area contributed by atoms with E-state index in [4.69, 9.17) is 0 Å². The summed E-state index contributed by atoms with van der Waals surface area (Å²) in [7, 11) is -3.16. The summed E-state index contributed by atoms with van der Waals surface area (Å²) < 4.78 is 24.9. The number of rotatable bonds is 4. The van der Waals surface area contributed by atoms with Crippen molar-refractivity contribution in [1.82, 2.24) is 9.29 Å². The average Bonchev–Trinajstić information content (AvgIpc) is 2.89. The van der Waals surface area contributed by atoms with Crippen LogP contribution in [0.25, 0.3) is 10.9 Å². The average molecular weight is 347 g/mol. The molecule has 128 valence electrons. The molecule has 1 aliphatic heterocycles. The Hall–Kier alpha value is -1.99. The van der Waals surface area contributed by atoms with Crippen LogP contribution in [0.1, 0.15) is 24.0 Å². The van der Waals surface area contributed by atoms with Gasteiger partial charge in [-0.3, -0.25) is 9.78 Å². The number of hydrogen-bond acceptors (Lipinski definition) is 4. The largest absolute Gasteiger partial charge is 0.325 e. The highest BCUT2D eigenvalue weighted by Gasteiger charge is 2.28. The van der Waals surface area contributed by atoms with Crippen LogP contribution in [0, 0.1) is 13.8 Å². The number of amides is 1. The Morgan fingerprint density at radius 3 is 2.88 bits per heavy atom. The van der Waals surface area contributed by atoms with Gasteiger partial charge in [0.1, 0.15) is 0 Å². The summed E-state index contributed by atoms with van der Waals surface area (Å²) in [5, 5.41) is 3.80. The molecule has 0 radical (unpaired) electrons. The summed E-state index contributed by atoms with van der Waals surface area (Å²) in [5.41, 5.74) is 3.73. The molecule has 0 atom stereocenters. The number of hydrogen-bond donors (Lipinski definition) is 1. The fourth-order valence-electron chi connectivity index (χ4n) is 3.00. The third-order valence-corrected chi connectivity index (χ3v) is 6.43. The van der Waals surface area contributed by atoms with Crippen molar-refractivity contribution in [2.45, 2.75) is 26.7 Å². The molecule has 6 nitrogen and oxygen atoms in total. The Morgan fingerprint density at radius 2 is 2.17 bits per heavy atom. The predicted octanol–water partition coefficient (Wildman–Crippen LogP) is 2.22. The third-order valence-electron chi connectivity index (χ3n) is 4.47. The number of aryl methyl sites for hydroxylation is 2. The number of nitrogens with one attached hydrogen (secondary N) is 1. The minimum atomic E-state index is -3.16. The van der Waals surface area contributed by atoms with Crippen molar-refractivity contribution in [2.75, 3.05) is 24.2 Å². The summed E-state index contributed by atoms with van der Waals surface area (Å²) in [5.74, 6) is -0.00672. The van der Waals surface area contributed by atoms with Gasteiger partial charge in [0.15, 0.2) is 0 Å². The first kappa shape index (κ1) is 16.9. The van der Waals surface area contributed by atoms with Gasteiger partial charge in [-0.25, -0.2) is 12.7 Å². The molecule has 0 spiro atoms. The molecule has 1 fully saturated rings. The van der Waals surface area contributed by atoms with E-state index in [1.165, 1.54) is 4.31 Å². The fraction of sp³-hybridized carbons (Fsp3) is 0.412. The number of nitrogens with zero attached hydrogens (tertiary/aromatic N) is 2. The van der Waals surface area contributed by atoms with Gasteiger partial charge in [-0.05, 0) is 49.6 Å². The Balaban J connectivity index is 1.75. The van der Waals surface area contributed by atoms with Gasteiger partial charge in [-0.2, -0.15) is 0 Å². The van der Waals surface area contributed by atoms with E-state index < -0.39 is 10.0 Å². The van der Waals surface area contributed by atoms with E-state index in [9.17, 15) is 13.2 Å². The van der Waals surface area contributed by atoms with Gasteiger partial charge in [0.05, 0.1) is 17.0 Å². The van der Waals surface area contributed by atoms with Crippen molar-refractivity contribution in [3.8, 4) is 0 Å². The van der Waals surface area contributed by atoms with Gasteiger partial charge >= 0.3 is 0 Å². The zero-order valence-electron chi connectivity index (χ0n) is 13.9. The second kappa shape index (κ2) is 6.49. The van der Waals surface area contributed by atoms with Crippen LogP contribution < -0.4 is 5.32 Å². The molecule has 7 heteroatoms. The first-order valence-corrected chi connectivity index (χ1v) is 9.62. The van der Waals surface area contributed by atoms with Crippen LogP contribution in [0.15, 0.2) is 24.4 Å². The number of pyridine rings is 1. The van der Waals surface area contributed by atoms with Crippen molar-refractivity contribution >= 4 is 32.5 Å². The highest BCUT2D eigenvalue weighted by molar-refractivity contribution is 7.89. The first-order chi connectivity index (χ1) is 11.4. The topological polar surface area (TPSA) is 79.4 Å². The molecule has 3 rings (SSSR count). The summed E-state index contributed by atoms with van der Waals surface area (Å²) in [6.07, 6.45) is 2.52. The summed E-state index contributed by atoms with van der Waals surface area (Å²) in [6.45, 7) is 4.73. The van der Waals surface area contributed by atoms with Crippen LogP contribution in [0.3, 0.4) is 0 Å². The zero-order chi connectivity index (χ0) is 17.3. The van der Waals surface area contributed by atoms with Crippen molar-refractivity contribution < 1.29 is 13.2 Å². The molecule has 1 aromatic heterocycles. The molecular weight excluding hydrogens is 326 g/mol. The lowest BCUT2D eigenvalue weighted by atomic mass is 10.0. The van der Waals surface area contributed by atoms with E-state index in [1.54, 1.807) is 6.20 Å². The Morgan fingerprint density at radius 1 is 1.38 bits per heavy atom. The van der Waals surface area contributed by atoms with E-state index in [1.807, 2.05) is 32.0 Å². The molecule has 24 heavy (non-hydrogen) atoms. The van der Waals surface area contributed by atoms with Crippen LogP contribution >= 0.6 is 0 Å². The van der Waals surface area contributed by atoms with E-state index in [2.05, 4.69) is 10.3 Å². The van der Waals surface area contributed by atoms with Gasteiger partial charge in [0.25, 0.3) is 0 Å². The number of sulfonamides is 1. The lowest BCUT2D eigenvalue weighted by Gasteiger charge is -2.15. The molecule has 0 unspecified atom stereocenters. The molecule has 2 aromatic rings. The van der Waals surface area contributed by atoms with E-state index in [0.29, 0.717) is 13.0 Å². The summed E-state index contributed by atoms with van der Waals surface area (Å²) in [6, 6.07) is 5.70. The second-order valence-corrected chi connectivity index (χ2v) is 8.22. The highest BCUT2D eigenvalue weighted by Crippen LogP contribution is 2.27. The maximum atomic E-state index is 12.3. The molecule has 0 bridgehead atoms. The third kappa shape index (κ3) is 3.27. The quantitative estimate of drug-likeness (QED) is 0.920. The van der Waals surface area contributed by atoms with Gasteiger partial charge in [0, 0.05) is 31.1 Å². The number of carbonyl (C=O) groups excluding carboxylic acids is 1. The number of aromatic nitrogens is 1. The van der Waals surface area contributed by atoms with Crippen molar-refractivity contribution in [1.29, 1.82) is 0 Å². The van der Waals surface area contributed by atoms with Crippen molar-refractivity contribution in [3.05, 3.63) is 35.5 Å². The molecule has 1 saturated heterocycles. The smallest absolute Gasteiger partial charge is 0.225 e. The van der Waals surface area contributed by atoms with Crippen LogP contribution in [-0.4, -0.2) is 42.5 Å². The molecule has 2 heterocycles. The molecule has 1 aliphatic rings.